The lowest BCUT2D eigenvalue weighted by Crippen LogP contribution is -2.21. The number of anilines is 1. The number of methoxy groups -OCH3 is 1. The van der Waals surface area contributed by atoms with Crippen LogP contribution in [0.3, 0.4) is 0 Å². The minimum absolute atomic E-state index is 0.108. The quantitative estimate of drug-likeness (QED) is 0.777. The number of esters is 1. The summed E-state index contributed by atoms with van der Waals surface area (Å²) < 4.78 is 10.6. The van der Waals surface area contributed by atoms with Crippen molar-refractivity contribution in [2.24, 2.45) is 5.92 Å². The molecule has 0 fully saturated rings. The van der Waals surface area contributed by atoms with Crippen molar-refractivity contribution < 1.29 is 19.1 Å². The fourth-order valence-electron chi connectivity index (χ4n) is 3.42. The van der Waals surface area contributed by atoms with Gasteiger partial charge in [0.15, 0.2) is 6.61 Å². The molecule has 0 unspecified atom stereocenters. The van der Waals surface area contributed by atoms with Crippen LogP contribution in [0.1, 0.15) is 45.3 Å². The number of benzene rings is 1. The van der Waals surface area contributed by atoms with Crippen LogP contribution in [0, 0.1) is 19.8 Å². The van der Waals surface area contributed by atoms with Crippen LogP contribution < -0.4 is 10.1 Å². The molecule has 1 aromatic heterocycles. The number of carbonyl (C=O) groups is 2. The lowest BCUT2D eigenvalue weighted by atomic mass is 9.88. The Morgan fingerprint density at radius 1 is 1.30 bits per heavy atom. The predicted octanol–water partition coefficient (Wildman–Crippen LogP) is 4.29. The van der Waals surface area contributed by atoms with Gasteiger partial charge in [0.05, 0.1) is 12.7 Å². The highest BCUT2D eigenvalue weighted by Gasteiger charge is 2.28. The number of fused-ring (bicyclic) bond motifs is 1. The van der Waals surface area contributed by atoms with E-state index in [2.05, 4.69) is 12.2 Å². The van der Waals surface area contributed by atoms with Crippen molar-refractivity contribution >= 4 is 28.2 Å². The number of amides is 1. The molecule has 3 rings (SSSR count). The molecule has 144 valence electrons. The molecule has 1 atom stereocenters. The Balaban J connectivity index is 1.74. The van der Waals surface area contributed by atoms with Gasteiger partial charge in [0, 0.05) is 4.88 Å². The smallest absolute Gasteiger partial charge is 0.341 e. The van der Waals surface area contributed by atoms with E-state index >= 15 is 0 Å². The van der Waals surface area contributed by atoms with Crippen LogP contribution in [0.4, 0.5) is 5.00 Å². The van der Waals surface area contributed by atoms with Crippen molar-refractivity contribution in [3.63, 3.8) is 0 Å². The number of hydrogen-bond acceptors (Lipinski definition) is 5. The number of rotatable bonds is 5. The fraction of sp³-hybridized carbons (Fsp3) is 0.429. The predicted molar refractivity (Wildman–Crippen MR) is 107 cm³/mol. The third-order valence-corrected chi connectivity index (χ3v) is 6.01. The first-order valence-electron chi connectivity index (χ1n) is 9.11. The van der Waals surface area contributed by atoms with Crippen LogP contribution >= 0.6 is 11.3 Å². The Morgan fingerprint density at radius 2 is 2.07 bits per heavy atom. The Labute approximate surface area is 163 Å². The number of thiophene rings is 1. The lowest BCUT2D eigenvalue weighted by molar-refractivity contribution is -0.118. The minimum atomic E-state index is -0.396. The van der Waals surface area contributed by atoms with Crippen molar-refractivity contribution in [1.29, 1.82) is 0 Å². The monoisotopic (exact) mass is 387 g/mol. The van der Waals surface area contributed by atoms with Crippen molar-refractivity contribution in [1.82, 2.24) is 0 Å². The van der Waals surface area contributed by atoms with E-state index in [1.165, 1.54) is 23.3 Å². The molecule has 1 amide bonds. The first-order chi connectivity index (χ1) is 12.9. The minimum Gasteiger partial charge on any atom is -0.483 e. The highest BCUT2D eigenvalue weighted by Crippen LogP contribution is 2.40. The molecule has 1 aromatic carbocycles. The molecular weight excluding hydrogens is 362 g/mol. The summed E-state index contributed by atoms with van der Waals surface area (Å²) in [5, 5.41) is 3.42. The first kappa shape index (κ1) is 19.4. The maximum absolute atomic E-state index is 12.4. The highest BCUT2D eigenvalue weighted by atomic mass is 32.1. The number of aryl methyl sites for hydroxylation is 2. The van der Waals surface area contributed by atoms with Crippen LogP contribution in [-0.2, 0) is 22.4 Å². The molecule has 5 nitrogen and oxygen atoms in total. The van der Waals surface area contributed by atoms with Gasteiger partial charge in [-0.05, 0) is 56.2 Å². The van der Waals surface area contributed by atoms with Crippen LogP contribution in [0.15, 0.2) is 18.2 Å². The molecule has 1 aliphatic rings. The topological polar surface area (TPSA) is 64.6 Å². The van der Waals surface area contributed by atoms with Crippen LogP contribution in [0.2, 0.25) is 0 Å². The lowest BCUT2D eigenvalue weighted by Gasteiger charge is -2.18. The van der Waals surface area contributed by atoms with Crippen molar-refractivity contribution in [3.05, 3.63) is 45.3 Å². The van der Waals surface area contributed by atoms with Crippen LogP contribution in [0.5, 0.6) is 5.75 Å². The van der Waals surface area contributed by atoms with E-state index in [1.54, 1.807) is 0 Å². The number of ether oxygens (including phenoxy) is 2. The number of nitrogens with one attached hydrogen (secondary N) is 1. The summed E-state index contributed by atoms with van der Waals surface area (Å²) in [4.78, 5) is 25.9. The van der Waals surface area contributed by atoms with Gasteiger partial charge < -0.3 is 14.8 Å². The second kappa shape index (κ2) is 8.13. The third-order valence-electron chi connectivity index (χ3n) is 4.84. The molecule has 6 heteroatoms. The summed E-state index contributed by atoms with van der Waals surface area (Å²) in [6, 6.07) is 5.82. The molecule has 1 aliphatic carbocycles. The summed E-state index contributed by atoms with van der Waals surface area (Å²) in [7, 11) is 1.37. The average Bonchev–Trinajstić information content (AvgIpc) is 2.97. The highest BCUT2D eigenvalue weighted by molar-refractivity contribution is 7.17. The summed E-state index contributed by atoms with van der Waals surface area (Å²) in [5.74, 6) is 0.584. The van der Waals surface area contributed by atoms with E-state index in [-0.39, 0.29) is 12.5 Å². The van der Waals surface area contributed by atoms with Crippen LogP contribution in [0.25, 0.3) is 0 Å². The van der Waals surface area contributed by atoms with Crippen molar-refractivity contribution in [2.75, 3.05) is 19.0 Å². The Morgan fingerprint density at radius 3 is 2.78 bits per heavy atom. The van der Waals surface area contributed by atoms with Gasteiger partial charge >= 0.3 is 5.97 Å². The van der Waals surface area contributed by atoms with E-state index in [9.17, 15) is 9.59 Å². The van der Waals surface area contributed by atoms with Gasteiger partial charge in [-0.2, -0.15) is 0 Å². The number of hydrogen-bond donors (Lipinski definition) is 1. The Kier molecular flexibility index (Phi) is 5.85. The number of carbonyl (C=O) groups excluding carboxylic acids is 2. The summed E-state index contributed by atoms with van der Waals surface area (Å²) >= 11 is 1.48. The molecule has 27 heavy (non-hydrogen) atoms. The molecule has 1 N–H and O–H groups in total. The third kappa shape index (κ3) is 4.33. The normalized spacial score (nSPS) is 15.8. The van der Waals surface area contributed by atoms with Crippen molar-refractivity contribution in [3.8, 4) is 5.75 Å². The molecule has 1 heterocycles. The van der Waals surface area contributed by atoms with Gasteiger partial charge in [0.25, 0.3) is 5.91 Å². The van der Waals surface area contributed by atoms with E-state index in [0.717, 1.165) is 36.0 Å². The summed E-state index contributed by atoms with van der Waals surface area (Å²) in [6.07, 6.45) is 2.81. The van der Waals surface area contributed by atoms with Gasteiger partial charge in [-0.3, -0.25) is 4.79 Å². The molecule has 0 spiro atoms. The fourth-order valence-corrected chi connectivity index (χ4v) is 4.84. The van der Waals surface area contributed by atoms with Gasteiger partial charge in [-0.25, -0.2) is 4.79 Å². The second-order valence-electron chi connectivity index (χ2n) is 7.15. The molecular formula is C21H25NO4S. The zero-order chi connectivity index (χ0) is 19.6. The SMILES string of the molecule is COC(=O)c1c(NC(=O)COc2ccc(C)cc2C)sc2c1CC[C@H](C)C2. The van der Waals surface area contributed by atoms with Gasteiger partial charge in [-0.1, -0.05) is 24.6 Å². The Bertz CT molecular complexity index is 871. The van der Waals surface area contributed by atoms with E-state index < -0.39 is 5.97 Å². The van der Waals surface area contributed by atoms with E-state index in [0.29, 0.717) is 22.2 Å². The van der Waals surface area contributed by atoms with Crippen LogP contribution in [-0.4, -0.2) is 25.6 Å². The van der Waals surface area contributed by atoms with Gasteiger partial charge in [-0.15, -0.1) is 11.3 Å². The molecule has 0 saturated carbocycles. The summed E-state index contributed by atoms with van der Waals surface area (Å²) in [5.41, 5.74) is 3.66. The van der Waals surface area contributed by atoms with E-state index in [4.69, 9.17) is 9.47 Å². The molecule has 2 aromatic rings. The Hall–Kier alpha value is -2.34. The molecule has 0 aliphatic heterocycles. The molecule has 0 bridgehead atoms. The molecule has 0 radical (unpaired) electrons. The van der Waals surface area contributed by atoms with Gasteiger partial charge in [0.1, 0.15) is 10.8 Å². The van der Waals surface area contributed by atoms with Gasteiger partial charge in [0.2, 0.25) is 0 Å². The summed E-state index contributed by atoms with van der Waals surface area (Å²) in [6.45, 7) is 6.06. The zero-order valence-corrected chi connectivity index (χ0v) is 17.0. The molecule has 0 saturated heterocycles. The standard InChI is InChI=1S/C21H25NO4S/c1-12-6-8-16(14(3)9-12)26-11-18(23)22-20-19(21(24)25-4)15-7-5-13(2)10-17(15)27-20/h6,8-9,13H,5,7,10-11H2,1-4H3,(H,22,23)/t13-/m0/s1. The van der Waals surface area contributed by atoms with Crippen molar-refractivity contribution in [2.45, 2.75) is 40.0 Å². The van der Waals surface area contributed by atoms with E-state index in [1.807, 2.05) is 32.0 Å². The average molecular weight is 388 g/mol. The first-order valence-corrected chi connectivity index (χ1v) is 9.93. The maximum atomic E-state index is 12.4. The zero-order valence-electron chi connectivity index (χ0n) is 16.2. The largest absolute Gasteiger partial charge is 0.483 e. The second-order valence-corrected chi connectivity index (χ2v) is 8.26. The maximum Gasteiger partial charge on any atom is 0.341 e.